The largest absolute Gasteiger partial charge is 1.00 e. The summed E-state index contributed by atoms with van der Waals surface area (Å²) in [6.45, 7) is 1.45. The van der Waals surface area contributed by atoms with Gasteiger partial charge in [0.2, 0.25) is 0 Å². The summed E-state index contributed by atoms with van der Waals surface area (Å²) in [6.07, 6.45) is 0. The minimum Gasteiger partial charge on any atom is -1.00 e. The van der Waals surface area contributed by atoms with Gasteiger partial charge in [0.25, 0.3) is 0 Å². The fraction of sp³-hybridized carbons (Fsp3) is 1.00. The van der Waals surface area contributed by atoms with Crippen LogP contribution in [-0.4, -0.2) is 15.2 Å². The molecule has 0 fully saturated rings. The van der Waals surface area contributed by atoms with Crippen molar-refractivity contribution in [3.63, 3.8) is 0 Å². The smallest absolute Gasteiger partial charge is 1.00 e. The molecule has 0 aromatic carbocycles. The van der Waals surface area contributed by atoms with Gasteiger partial charge in [0, 0.05) is 0 Å². The fourth-order valence-electron chi connectivity index (χ4n) is 0. The molecule has 0 saturated carbocycles. The molecule has 0 aliphatic carbocycles. The number of rotatable bonds is 1. The molecule has 50 valence electrons. The van der Waals surface area contributed by atoms with Crippen molar-refractivity contribution in [3.8, 4) is 0 Å². The average molecular weight is 214 g/mol. The van der Waals surface area contributed by atoms with Crippen molar-refractivity contribution in [2.45, 2.75) is 12.3 Å². The summed E-state index contributed by atoms with van der Waals surface area (Å²) in [5.41, 5.74) is 0. The van der Waals surface area contributed by atoms with E-state index in [9.17, 15) is 4.57 Å². The van der Waals surface area contributed by atoms with Gasteiger partial charge in [-0.25, -0.2) is 0 Å². The first kappa shape index (κ1) is 23.4. The Morgan fingerprint density at radius 1 is 1.40 bits per heavy atom. The zero-order valence-corrected chi connectivity index (χ0v) is 15.0. The molecule has 0 heterocycles. The Hall–Kier alpha value is 3.58. The molecule has 0 aliphatic heterocycles. The molecule has 0 aromatic rings. The predicted molar refractivity (Wildman–Crippen MR) is 34.6 cm³/mol. The quantitative estimate of drug-likeness (QED) is 0.336. The van der Waals surface area contributed by atoms with Gasteiger partial charge in [0.1, 0.15) is 0 Å². The minimum absolute atomic E-state index is 0. The molecule has 2 unspecified atom stereocenters. The average Bonchev–Trinajstić information content (AvgIpc) is 1.31. The van der Waals surface area contributed by atoms with Crippen LogP contribution < -0.4 is 88.7 Å². The second kappa shape index (κ2) is 10.7. The molecular formula is C2H11Na3O3P2. The summed E-state index contributed by atoms with van der Waals surface area (Å²) in [6, 6.07) is 0. The Balaban J connectivity index is -0.0000000120. The van der Waals surface area contributed by atoms with Crippen molar-refractivity contribution in [2.24, 2.45) is 0 Å². The molecule has 0 amide bonds. The molecule has 0 bridgehead atoms. The second-order valence-electron chi connectivity index (χ2n) is 1.33. The zero-order valence-electron chi connectivity index (χ0n) is 9.90. The van der Waals surface area contributed by atoms with Crippen LogP contribution in [0.3, 0.4) is 0 Å². The first-order valence-corrected chi connectivity index (χ1v) is 4.10. The molecule has 0 aliphatic rings. The second-order valence-corrected chi connectivity index (χ2v) is 4.88. The van der Waals surface area contributed by atoms with E-state index in [1.54, 1.807) is 0 Å². The fourth-order valence-corrected chi connectivity index (χ4v) is 0. The standard InChI is InChI=1S/C2H8O3P2.3Na.3H/c1-2(6)7(3,4)5;;;;;;/h2H,6H2,1H3,(H2,3,4,5);;;;;;/q;3*+1;3*-1. The van der Waals surface area contributed by atoms with E-state index in [1.165, 1.54) is 6.92 Å². The maximum absolute atomic E-state index is 10.0. The van der Waals surface area contributed by atoms with E-state index >= 15 is 0 Å². The van der Waals surface area contributed by atoms with Crippen LogP contribution in [0.25, 0.3) is 0 Å². The van der Waals surface area contributed by atoms with Gasteiger partial charge in [-0.3, -0.25) is 4.57 Å². The molecule has 0 saturated heterocycles. The molecule has 0 radical (unpaired) electrons. The van der Waals surface area contributed by atoms with Crippen molar-refractivity contribution in [3.05, 3.63) is 0 Å². The van der Waals surface area contributed by atoms with Gasteiger partial charge < -0.3 is 14.1 Å². The topological polar surface area (TPSA) is 57.5 Å². The van der Waals surface area contributed by atoms with Crippen LogP contribution in [0.1, 0.15) is 11.2 Å². The Morgan fingerprint density at radius 2 is 1.50 bits per heavy atom. The first-order chi connectivity index (χ1) is 2.94. The summed E-state index contributed by atoms with van der Waals surface area (Å²) in [4.78, 5) is 16.4. The molecular weight excluding hydrogens is 203 g/mol. The van der Waals surface area contributed by atoms with Crippen LogP contribution in [0.15, 0.2) is 0 Å². The third-order valence-corrected chi connectivity index (χ3v) is 2.76. The Morgan fingerprint density at radius 3 is 1.50 bits per heavy atom. The monoisotopic (exact) mass is 214 g/mol. The maximum atomic E-state index is 10.0. The molecule has 2 atom stereocenters. The van der Waals surface area contributed by atoms with E-state index in [1.807, 2.05) is 9.24 Å². The van der Waals surface area contributed by atoms with Gasteiger partial charge in [0.05, 0.1) is 5.40 Å². The van der Waals surface area contributed by atoms with Crippen molar-refractivity contribution in [1.82, 2.24) is 0 Å². The van der Waals surface area contributed by atoms with Crippen LogP contribution in [-0.2, 0) is 4.57 Å². The summed E-state index contributed by atoms with van der Waals surface area (Å²) >= 11 is 0. The molecule has 2 N–H and O–H groups in total. The summed E-state index contributed by atoms with van der Waals surface area (Å²) < 4.78 is 10.0. The van der Waals surface area contributed by atoms with Gasteiger partial charge in [-0.05, 0) is 6.92 Å². The van der Waals surface area contributed by atoms with Crippen LogP contribution in [0.5, 0.6) is 0 Å². The van der Waals surface area contributed by atoms with Gasteiger partial charge in [-0.2, -0.15) is 0 Å². The number of hydrogen-bond acceptors (Lipinski definition) is 1. The Kier molecular flexibility index (Phi) is 25.0. The Labute approximate surface area is 134 Å². The summed E-state index contributed by atoms with van der Waals surface area (Å²) in [5.74, 6) is 0. The SMILES string of the molecule is CC(P)P(=O)(O)O.[H-].[H-].[H-].[Na+].[Na+].[Na+]. The summed E-state index contributed by atoms with van der Waals surface area (Å²) in [5, 5.41) is -0.618. The molecule has 3 nitrogen and oxygen atoms in total. The predicted octanol–water partition coefficient (Wildman–Crippen LogP) is -8.27. The molecule has 10 heavy (non-hydrogen) atoms. The van der Waals surface area contributed by atoms with Gasteiger partial charge in [-0.15, -0.1) is 9.24 Å². The Bertz CT molecular complexity index is 112. The van der Waals surface area contributed by atoms with E-state index in [0.29, 0.717) is 0 Å². The normalized spacial score (nSPS) is 11.6. The molecule has 0 spiro atoms. The number of hydrogen-bond donors (Lipinski definition) is 2. The van der Waals surface area contributed by atoms with E-state index < -0.39 is 13.0 Å². The van der Waals surface area contributed by atoms with Gasteiger partial charge in [-0.1, -0.05) is 0 Å². The van der Waals surface area contributed by atoms with Crippen molar-refractivity contribution in [2.75, 3.05) is 0 Å². The van der Waals surface area contributed by atoms with Crippen molar-refractivity contribution >= 4 is 16.8 Å². The third kappa shape index (κ3) is 14.1. The van der Waals surface area contributed by atoms with Crippen LogP contribution in [0.4, 0.5) is 0 Å². The van der Waals surface area contributed by atoms with Crippen LogP contribution >= 0.6 is 16.8 Å². The van der Waals surface area contributed by atoms with E-state index in [4.69, 9.17) is 9.79 Å². The van der Waals surface area contributed by atoms with E-state index in [2.05, 4.69) is 0 Å². The maximum Gasteiger partial charge on any atom is 1.00 e. The van der Waals surface area contributed by atoms with Crippen molar-refractivity contribution in [1.29, 1.82) is 0 Å². The van der Waals surface area contributed by atoms with E-state index in [0.717, 1.165) is 0 Å². The van der Waals surface area contributed by atoms with Crippen molar-refractivity contribution < 1.29 is 107 Å². The summed E-state index contributed by atoms with van der Waals surface area (Å²) in [7, 11) is -1.73. The molecule has 8 heteroatoms. The van der Waals surface area contributed by atoms with Crippen LogP contribution in [0.2, 0.25) is 0 Å². The van der Waals surface area contributed by atoms with E-state index in [-0.39, 0.29) is 93.0 Å². The first-order valence-electron chi connectivity index (χ1n) is 1.75. The zero-order chi connectivity index (χ0) is 6.08. The van der Waals surface area contributed by atoms with Gasteiger partial charge >= 0.3 is 96.3 Å². The van der Waals surface area contributed by atoms with Crippen LogP contribution in [0, 0.1) is 0 Å². The molecule has 0 aromatic heterocycles. The minimum atomic E-state index is -3.77. The third-order valence-electron chi connectivity index (χ3n) is 0.531. The van der Waals surface area contributed by atoms with Gasteiger partial charge in [0.15, 0.2) is 0 Å². The molecule has 0 rings (SSSR count).